The number of aryl methyl sites for hydroxylation is 2. The van der Waals surface area contributed by atoms with E-state index in [0.717, 1.165) is 24.2 Å². The number of fused-ring (bicyclic) bond motifs is 8. The third-order valence-corrected chi connectivity index (χ3v) is 8.96. The molecular formula is C40H26O. The Bertz CT molecular complexity index is 2260. The second kappa shape index (κ2) is 8.68. The maximum absolute atomic E-state index is 6.64. The maximum Gasteiger partial charge on any atom is 0.138 e. The summed E-state index contributed by atoms with van der Waals surface area (Å²) in [7, 11) is 0. The van der Waals surface area contributed by atoms with Crippen molar-refractivity contribution in [3.8, 4) is 33.6 Å². The molecule has 0 atom stereocenters. The van der Waals surface area contributed by atoms with E-state index in [1.807, 2.05) is 0 Å². The molecule has 0 unspecified atom stereocenters. The zero-order valence-corrected chi connectivity index (χ0v) is 22.5. The van der Waals surface area contributed by atoms with E-state index in [1.165, 1.54) is 76.6 Å². The van der Waals surface area contributed by atoms with Crippen molar-refractivity contribution in [3.63, 3.8) is 0 Å². The molecule has 1 heterocycles. The topological polar surface area (TPSA) is 13.1 Å². The van der Waals surface area contributed by atoms with Gasteiger partial charge in [0.05, 0.1) is 0 Å². The van der Waals surface area contributed by atoms with Crippen LogP contribution in [0, 0.1) is 0 Å². The average Bonchev–Trinajstić information content (AvgIpc) is 3.43. The van der Waals surface area contributed by atoms with E-state index >= 15 is 0 Å². The summed E-state index contributed by atoms with van der Waals surface area (Å²) in [5.41, 5.74) is 9.99. The zero-order valence-electron chi connectivity index (χ0n) is 22.5. The summed E-state index contributed by atoms with van der Waals surface area (Å²) in [4.78, 5) is 0. The Morgan fingerprint density at radius 1 is 0.463 bits per heavy atom. The van der Waals surface area contributed by atoms with Crippen molar-refractivity contribution >= 4 is 43.3 Å². The van der Waals surface area contributed by atoms with Crippen molar-refractivity contribution in [2.75, 3.05) is 0 Å². The van der Waals surface area contributed by atoms with Crippen LogP contribution in [0.5, 0.6) is 0 Å². The predicted molar refractivity (Wildman–Crippen MR) is 172 cm³/mol. The fourth-order valence-corrected chi connectivity index (χ4v) is 7.17. The van der Waals surface area contributed by atoms with Gasteiger partial charge in [-0.2, -0.15) is 0 Å². The number of hydrogen-bond donors (Lipinski definition) is 0. The lowest BCUT2D eigenvalue weighted by Gasteiger charge is -2.19. The molecule has 1 aromatic heterocycles. The van der Waals surface area contributed by atoms with Crippen LogP contribution in [-0.2, 0) is 12.8 Å². The normalized spacial score (nSPS) is 12.7. The molecule has 0 saturated carbocycles. The van der Waals surface area contributed by atoms with Gasteiger partial charge in [-0.05, 0) is 85.1 Å². The summed E-state index contributed by atoms with van der Waals surface area (Å²) in [5, 5.41) is 8.87. The Kier molecular flexibility index (Phi) is 4.80. The predicted octanol–water partition coefficient (Wildman–Crippen LogP) is 11.0. The first-order valence-corrected chi connectivity index (χ1v) is 14.4. The van der Waals surface area contributed by atoms with Gasteiger partial charge in [0.25, 0.3) is 0 Å². The molecule has 7 aromatic carbocycles. The van der Waals surface area contributed by atoms with Gasteiger partial charge in [0.2, 0.25) is 0 Å². The molecule has 1 nitrogen and oxygen atoms in total. The molecule has 8 aromatic rings. The monoisotopic (exact) mass is 522 g/mol. The molecule has 0 saturated heterocycles. The van der Waals surface area contributed by atoms with Crippen molar-refractivity contribution in [3.05, 3.63) is 145 Å². The molecule has 1 heteroatoms. The van der Waals surface area contributed by atoms with Crippen LogP contribution < -0.4 is 0 Å². The number of hydrogen-bond acceptors (Lipinski definition) is 1. The third-order valence-electron chi connectivity index (χ3n) is 8.96. The Labute approximate surface area is 238 Å². The summed E-state index contributed by atoms with van der Waals surface area (Å²) in [5.74, 6) is 1.04. The first kappa shape index (κ1) is 22.7. The summed E-state index contributed by atoms with van der Waals surface area (Å²) >= 11 is 0. The van der Waals surface area contributed by atoms with Crippen LogP contribution in [0.2, 0.25) is 0 Å². The quantitative estimate of drug-likeness (QED) is 0.206. The maximum atomic E-state index is 6.64. The molecule has 0 spiro atoms. The Morgan fingerprint density at radius 2 is 1.10 bits per heavy atom. The van der Waals surface area contributed by atoms with Gasteiger partial charge >= 0.3 is 0 Å². The van der Waals surface area contributed by atoms with Crippen molar-refractivity contribution in [2.45, 2.75) is 12.8 Å². The van der Waals surface area contributed by atoms with Crippen LogP contribution >= 0.6 is 0 Å². The second-order valence-corrected chi connectivity index (χ2v) is 11.1. The fraction of sp³-hybridized carbons (Fsp3) is 0.0500. The van der Waals surface area contributed by atoms with Crippen molar-refractivity contribution in [1.29, 1.82) is 0 Å². The van der Waals surface area contributed by atoms with Crippen LogP contribution in [0.15, 0.2) is 138 Å². The lowest BCUT2D eigenvalue weighted by Crippen LogP contribution is -2.01. The van der Waals surface area contributed by atoms with Gasteiger partial charge in [-0.1, -0.05) is 121 Å². The smallest absolute Gasteiger partial charge is 0.138 e. The molecule has 0 amide bonds. The van der Waals surface area contributed by atoms with E-state index < -0.39 is 0 Å². The van der Waals surface area contributed by atoms with E-state index in [4.69, 9.17) is 4.42 Å². The lowest BCUT2D eigenvalue weighted by atomic mass is 9.83. The van der Waals surface area contributed by atoms with E-state index in [1.54, 1.807) is 0 Å². The molecule has 9 rings (SSSR count). The molecule has 0 aliphatic heterocycles. The number of rotatable bonds is 2. The summed E-state index contributed by atoms with van der Waals surface area (Å²) in [6.45, 7) is 0. The summed E-state index contributed by atoms with van der Waals surface area (Å²) < 4.78 is 6.64. The highest BCUT2D eigenvalue weighted by Crippen LogP contribution is 2.48. The minimum atomic E-state index is 0.968. The molecule has 1 aliphatic rings. The Morgan fingerprint density at radius 3 is 1.88 bits per heavy atom. The largest absolute Gasteiger partial charge is 0.456 e. The fourth-order valence-electron chi connectivity index (χ4n) is 7.17. The Balaban J connectivity index is 1.40. The minimum Gasteiger partial charge on any atom is -0.456 e. The van der Waals surface area contributed by atoms with E-state index in [2.05, 4.69) is 133 Å². The summed E-state index contributed by atoms with van der Waals surface area (Å²) in [6.07, 6.45) is 2.02. The molecule has 192 valence electrons. The van der Waals surface area contributed by atoms with Crippen LogP contribution in [0.4, 0.5) is 0 Å². The highest BCUT2D eigenvalue weighted by molar-refractivity contribution is 6.24. The Hall–Kier alpha value is -5.14. The first-order valence-electron chi connectivity index (χ1n) is 14.4. The summed E-state index contributed by atoms with van der Waals surface area (Å²) in [6, 6.07) is 48.6. The molecule has 41 heavy (non-hydrogen) atoms. The van der Waals surface area contributed by atoms with Crippen molar-refractivity contribution < 1.29 is 4.42 Å². The van der Waals surface area contributed by atoms with Crippen LogP contribution in [0.3, 0.4) is 0 Å². The highest BCUT2D eigenvalue weighted by Gasteiger charge is 2.26. The average molecular weight is 523 g/mol. The SMILES string of the molecule is c1ccc2c(c1)CCc1c-2oc2cccc(-c3c4ccccc4c(-c4ccc5ccccc5c4)c4ccccc34)c12. The van der Waals surface area contributed by atoms with Gasteiger partial charge in [-0.15, -0.1) is 0 Å². The number of benzene rings is 7. The molecule has 0 radical (unpaired) electrons. The van der Waals surface area contributed by atoms with Gasteiger partial charge in [-0.3, -0.25) is 0 Å². The molecule has 0 N–H and O–H groups in total. The van der Waals surface area contributed by atoms with Crippen molar-refractivity contribution in [1.82, 2.24) is 0 Å². The van der Waals surface area contributed by atoms with Crippen LogP contribution in [0.25, 0.3) is 76.9 Å². The number of furan rings is 1. The van der Waals surface area contributed by atoms with E-state index in [-0.39, 0.29) is 0 Å². The van der Waals surface area contributed by atoms with Gasteiger partial charge in [0.15, 0.2) is 0 Å². The van der Waals surface area contributed by atoms with Gasteiger partial charge < -0.3 is 4.42 Å². The van der Waals surface area contributed by atoms with Gasteiger partial charge in [-0.25, -0.2) is 0 Å². The van der Waals surface area contributed by atoms with E-state index in [9.17, 15) is 0 Å². The van der Waals surface area contributed by atoms with Crippen LogP contribution in [-0.4, -0.2) is 0 Å². The molecular weight excluding hydrogens is 496 g/mol. The highest BCUT2D eigenvalue weighted by atomic mass is 16.3. The third kappa shape index (κ3) is 3.30. The molecule has 1 aliphatic carbocycles. The van der Waals surface area contributed by atoms with Gasteiger partial charge in [0, 0.05) is 16.5 Å². The first-order chi connectivity index (χ1) is 20.3. The van der Waals surface area contributed by atoms with Crippen LogP contribution in [0.1, 0.15) is 11.1 Å². The molecule has 0 fully saturated rings. The minimum absolute atomic E-state index is 0.968. The second-order valence-electron chi connectivity index (χ2n) is 11.1. The lowest BCUT2D eigenvalue weighted by molar-refractivity contribution is 0.621. The zero-order chi connectivity index (χ0) is 26.9. The molecule has 0 bridgehead atoms. The van der Waals surface area contributed by atoms with E-state index in [0.29, 0.717) is 0 Å². The van der Waals surface area contributed by atoms with Crippen molar-refractivity contribution in [2.24, 2.45) is 0 Å². The standard InChI is InChI=1S/C40H26O/c1-2-12-27-24-28(21-20-25(27)10-1)37-30-14-5-7-16-32(30)38(33-17-8-6-15-31(33)37)34-18-9-19-36-39(34)35-23-22-26-11-3-4-13-29(26)40(35)41-36/h1-21,24H,22-23H2. The van der Waals surface area contributed by atoms with Gasteiger partial charge in [0.1, 0.15) is 11.3 Å².